The highest BCUT2D eigenvalue weighted by molar-refractivity contribution is 9.10. The first kappa shape index (κ1) is 45.5. The molecule has 1 saturated carbocycles. The Bertz CT molecular complexity index is 2020. The first-order valence-corrected chi connectivity index (χ1v) is 21.7. The van der Waals surface area contributed by atoms with E-state index in [0.29, 0.717) is 36.0 Å². The van der Waals surface area contributed by atoms with Crippen molar-refractivity contribution in [1.82, 2.24) is 14.7 Å². The largest absolute Gasteiger partial charge is 0.497 e. The Hall–Kier alpha value is -4.04. The third-order valence-electron chi connectivity index (χ3n) is 10.3. The molecule has 1 saturated heterocycles. The fraction of sp³-hybridized carbons (Fsp3) is 0.477. The Balaban J connectivity index is 1.33. The Morgan fingerprint density at radius 3 is 1.80 bits per heavy atom. The molecule has 2 heterocycles. The zero-order valence-corrected chi connectivity index (χ0v) is 38.4. The zero-order valence-electron chi connectivity index (χ0n) is 34.6. The summed E-state index contributed by atoms with van der Waals surface area (Å²) in [6.07, 6.45) is 0.510. The van der Waals surface area contributed by atoms with E-state index in [2.05, 4.69) is 15.9 Å². The molecule has 3 aliphatic rings. The molecule has 0 aromatic heterocycles. The Morgan fingerprint density at radius 1 is 0.733 bits per heavy atom. The van der Waals surface area contributed by atoms with Crippen LogP contribution in [0.5, 0.6) is 23.0 Å². The van der Waals surface area contributed by atoms with Crippen molar-refractivity contribution in [2.45, 2.75) is 87.0 Å². The summed E-state index contributed by atoms with van der Waals surface area (Å²) in [4.78, 5) is 48.2. The van der Waals surface area contributed by atoms with E-state index in [0.717, 1.165) is 34.2 Å². The summed E-state index contributed by atoms with van der Waals surface area (Å²) in [5.74, 6) is 2.41. The van der Waals surface area contributed by atoms with Crippen molar-refractivity contribution in [3.05, 3.63) is 88.4 Å². The number of rotatable bonds is 14. The van der Waals surface area contributed by atoms with Gasteiger partial charge in [-0.05, 0) is 126 Å². The summed E-state index contributed by atoms with van der Waals surface area (Å²) in [5.41, 5.74) is -0.443. The van der Waals surface area contributed by atoms with Crippen molar-refractivity contribution < 1.29 is 42.8 Å². The fourth-order valence-corrected chi connectivity index (χ4v) is 7.44. The van der Waals surface area contributed by atoms with E-state index >= 15 is 4.79 Å². The predicted molar refractivity (Wildman–Crippen MR) is 234 cm³/mol. The van der Waals surface area contributed by atoms with Crippen LogP contribution in [0, 0.1) is 0 Å². The van der Waals surface area contributed by atoms with Crippen LogP contribution in [-0.2, 0) is 14.3 Å². The molecule has 2 fully saturated rings. The molecule has 1 aliphatic carbocycles. The first-order chi connectivity index (χ1) is 28.3. The summed E-state index contributed by atoms with van der Waals surface area (Å²) in [5, 5.41) is 0. The average molecular weight is 952 g/mol. The van der Waals surface area contributed by atoms with E-state index in [1.165, 1.54) is 18.7 Å². The highest BCUT2D eigenvalue weighted by Gasteiger charge is 2.53. The van der Waals surface area contributed by atoms with Crippen LogP contribution in [0.15, 0.2) is 82.8 Å². The minimum atomic E-state index is -1.96. The molecule has 2 atom stereocenters. The van der Waals surface area contributed by atoms with Crippen molar-refractivity contribution in [2.24, 2.45) is 0 Å². The lowest BCUT2D eigenvalue weighted by atomic mass is 9.81. The predicted octanol–water partition coefficient (Wildman–Crippen LogP) is 9.72. The molecule has 2 unspecified atom stereocenters. The maximum atomic E-state index is 15.3. The molecule has 0 radical (unpaired) electrons. The molecular formula is C44H51BrCl3N3O9. The number of halogens is 4. The molecule has 324 valence electrons. The van der Waals surface area contributed by atoms with Gasteiger partial charge >= 0.3 is 12.2 Å². The lowest BCUT2D eigenvalue weighted by Crippen LogP contribution is -2.66. The van der Waals surface area contributed by atoms with Crippen LogP contribution < -0.4 is 18.9 Å². The van der Waals surface area contributed by atoms with Crippen molar-refractivity contribution in [2.75, 3.05) is 46.6 Å². The second-order valence-corrected chi connectivity index (χ2v) is 19.6. The molecule has 3 amide bonds. The van der Waals surface area contributed by atoms with Crippen LogP contribution in [0.1, 0.15) is 59.4 Å². The van der Waals surface area contributed by atoms with Crippen molar-refractivity contribution >= 4 is 74.4 Å². The molecule has 0 N–H and O–H groups in total. The second kappa shape index (κ2) is 18.9. The summed E-state index contributed by atoms with van der Waals surface area (Å²) in [6, 6.07) is 20.7. The third-order valence-corrected chi connectivity index (χ3v) is 12.2. The highest BCUT2D eigenvalue weighted by Crippen LogP contribution is 2.44. The molecule has 60 heavy (non-hydrogen) atoms. The summed E-state index contributed by atoms with van der Waals surface area (Å²) in [6.45, 7) is 9.58. The number of nitrogens with zero attached hydrogens (tertiary/aromatic N) is 3. The fourth-order valence-electron chi connectivity index (χ4n) is 7.06. The average Bonchev–Trinajstić information content (AvgIpc) is 4.03. The van der Waals surface area contributed by atoms with E-state index in [1.807, 2.05) is 65.6 Å². The quantitative estimate of drug-likeness (QED) is 0.115. The van der Waals surface area contributed by atoms with Gasteiger partial charge in [0.05, 0.1) is 25.7 Å². The van der Waals surface area contributed by atoms with Gasteiger partial charge in [-0.25, -0.2) is 9.59 Å². The van der Waals surface area contributed by atoms with Crippen LogP contribution in [0.25, 0.3) is 5.57 Å². The van der Waals surface area contributed by atoms with Gasteiger partial charge in [-0.1, -0.05) is 62.9 Å². The Labute approximate surface area is 375 Å². The minimum Gasteiger partial charge on any atom is -0.497 e. The maximum Gasteiger partial charge on any atom is 0.411 e. The van der Waals surface area contributed by atoms with E-state index in [4.69, 9.17) is 63.2 Å². The van der Waals surface area contributed by atoms with Gasteiger partial charge in [0.25, 0.3) is 5.91 Å². The summed E-state index contributed by atoms with van der Waals surface area (Å²) in [7, 11) is 1.60. The Kier molecular flexibility index (Phi) is 14.3. The van der Waals surface area contributed by atoms with Gasteiger partial charge in [0.2, 0.25) is 3.79 Å². The highest BCUT2D eigenvalue weighted by atomic mass is 79.9. The number of alkyl halides is 3. The number of methoxy groups -OCH3 is 1. The standard InChI is InChI=1S/C44H51BrCl3N3O9/c1-42(2,3)59-40(53)49-26-31-25-36(28-7-13-33(14-8-28)57-23-24-58-34-15-9-29(45)10-16-34)38(37(27-49)51(31)41(54)60-43(4,5)44(46,47)48)39(52)50(30-11-12-30)21-22-56-35-19-17-32(55-6)18-20-35/h7-10,13-20,30-31,37H,11-12,21-27H2,1-6H3. The molecule has 2 bridgehead atoms. The van der Waals surface area contributed by atoms with Gasteiger partial charge in [0.1, 0.15) is 48.4 Å². The number of ether oxygens (including phenoxy) is 6. The number of amides is 3. The molecule has 3 aromatic carbocycles. The minimum absolute atomic E-state index is 0.0342. The van der Waals surface area contributed by atoms with E-state index in [9.17, 15) is 9.59 Å². The summed E-state index contributed by atoms with van der Waals surface area (Å²) < 4.78 is 33.9. The van der Waals surface area contributed by atoms with Crippen LogP contribution in [0.2, 0.25) is 0 Å². The van der Waals surface area contributed by atoms with Gasteiger partial charge in [-0.3, -0.25) is 9.69 Å². The van der Waals surface area contributed by atoms with Gasteiger partial charge in [-0.2, -0.15) is 0 Å². The van der Waals surface area contributed by atoms with Crippen LogP contribution in [-0.4, -0.2) is 112 Å². The van der Waals surface area contributed by atoms with Crippen molar-refractivity contribution in [3.63, 3.8) is 0 Å². The van der Waals surface area contributed by atoms with Gasteiger partial charge in [-0.15, -0.1) is 0 Å². The third kappa shape index (κ3) is 11.5. The number of carbonyl (C=O) groups excluding carboxylic acids is 3. The number of hydrogen-bond donors (Lipinski definition) is 0. The van der Waals surface area contributed by atoms with E-state index < -0.39 is 39.3 Å². The number of piperazine rings is 1. The van der Waals surface area contributed by atoms with Crippen molar-refractivity contribution in [3.8, 4) is 23.0 Å². The van der Waals surface area contributed by atoms with E-state index in [1.54, 1.807) is 44.9 Å². The van der Waals surface area contributed by atoms with Crippen LogP contribution in [0.4, 0.5) is 9.59 Å². The molecule has 12 nitrogen and oxygen atoms in total. The van der Waals surface area contributed by atoms with Crippen LogP contribution >= 0.6 is 50.7 Å². The van der Waals surface area contributed by atoms with Crippen LogP contribution in [0.3, 0.4) is 0 Å². The maximum absolute atomic E-state index is 15.3. The topological polar surface area (TPSA) is 116 Å². The molecule has 16 heteroatoms. The Morgan fingerprint density at radius 2 is 1.27 bits per heavy atom. The molecular weight excluding hydrogens is 901 g/mol. The molecule has 6 rings (SSSR count). The van der Waals surface area contributed by atoms with Gasteiger partial charge in [0, 0.05) is 29.2 Å². The number of carbonyl (C=O) groups is 3. The van der Waals surface area contributed by atoms with Gasteiger partial charge < -0.3 is 38.2 Å². The molecule has 2 aliphatic heterocycles. The molecule has 3 aromatic rings. The van der Waals surface area contributed by atoms with E-state index in [-0.39, 0.29) is 44.6 Å². The lowest BCUT2D eigenvalue weighted by molar-refractivity contribution is -0.129. The second-order valence-electron chi connectivity index (χ2n) is 16.4. The monoisotopic (exact) mass is 949 g/mol. The SMILES string of the molecule is COc1ccc(OCCN(C(=O)C2=C(c3ccc(OCCOc4ccc(Br)cc4)cc3)CC3CN(C(=O)OC(C)(C)C)CC2N3C(=O)OC(C)(C)C(Cl)(Cl)Cl)C2CC2)cc1. The number of fused-ring (bicyclic) bond motifs is 2. The number of hydrogen-bond acceptors (Lipinski definition) is 9. The summed E-state index contributed by atoms with van der Waals surface area (Å²) >= 11 is 22.2. The lowest BCUT2D eigenvalue weighted by Gasteiger charge is -2.51. The van der Waals surface area contributed by atoms with Crippen molar-refractivity contribution in [1.29, 1.82) is 0 Å². The van der Waals surface area contributed by atoms with Gasteiger partial charge in [0.15, 0.2) is 5.60 Å². The first-order valence-electron chi connectivity index (χ1n) is 19.8. The normalized spacial score (nSPS) is 18.1. The smallest absolute Gasteiger partial charge is 0.411 e. The molecule has 0 spiro atoms. The number of benzene rings is 3. The zero-order chi connectivity index (χ0) is 43.4.